The fourth-order valence-corrected chi connectivity index (χ4v) is 2.30. The van der Waals surface area contributed by atoms with Gasteiger partial charge in [-0.2, -0.15) is 0 Å². The zero-order valence-corrected chi connectivity index (χ0v) is 9.92. The number of nitrogens with zero attached hydrogens (tertiary/aromatic N) is 1. The fraction of sp³-hybridized carbons (Fsp3) is 0.333. The molecule has 2 aromatic rings. The minimum atomic E-state index is 0.139. The number of carbonyl (C=O) groups is 1. The van der Waals surface area contributed by atoms with E-state index in [0.717, 1.165) is 16.6 Å². The molecule has 0 N–H and O–H groups in total. The number of pyridine rings is 1. The quantitative estimate of drug-likeness (QED) is 0.591. The minimum Gasteiger partial charge on any atom is -0.385 e. The number of aromatic nitrogens is 1. The van der Waals surface area contributed by atoms with Gasteiger partial charge in [-0.05, 0) is 23.9 Å². The lowest BCUT2D eigenvalue weighted by molar-refractivity contribution is 0.0963. The van der Waals surface area contributed by atoms with Crippen molar-refractivity contribution in [2.75, 3.05) is 13.7 Å². The summed E-state index contributed by atoms with van der Waals surface area (Å²) in [4.78, 5) is 16.0. The van der Waals surface area contributed by atoms with E-state index in [2.05, 4.69) is 4.98 Å². The van der Waals surface area contributed by atoms with Crippen LogP contribution < -0.4 is 0 Å². The van der Waals surface area contributed by atoms with E-state index in [4.69, 9.17) is 4.74 Å². The molecule has 4 heteroatoms. The molecule has 2 heterocycles. The Morgan fingerprint density at radius 3 is 3.25 bits per heavy atom. The van der Waals surface area contributed by atoms with Gasteiger partial charge in [0.15, 0.2) is 5.78 Å². The van der Waals surface area contributed by atoms with Crippen molar-refractivity contribution in [1.29, 1.82) is 0 Å². The Balaban J connectivity index is 2.10. The van der Waals surface area contributed by atoms with E-state index in [0.29, 0.717) is 18.6 Å². The second-order valence-corrected chi connectivity index (χ2v) is 4.50. The largest absolute Gasteiger partial charge is 0.385 e. The number of ketones is 1. The lowest BCUT2D eigenvalue weighted by Crippen LogP contribution is -2.01. The number of thiophene rings is 1. The standard InChI is InChI=1S/C12H13NO2S/c1-15-5-2-3-11(14)9-7-12-10(13-8-9)4-6-16-12/h4,6-8H,2-3,5H2,1H3. The predicted molar refractivity (Wildman–Crippen MR) is 65.1 cm³/mol. The molecule has 84 valence electrons. The van der Waals surface area contributed by atoms with Gasteiger partial charge in [-0.1, -0.05) is 0 Å². The van der Waals surface area contributed by atoms with E-state index in [9.17, 15) is 4.79 Å². The maximum atomic E-state index is 11.8. The van der Waals surface area contributed by atoms with Gasteiger partial charge in [-0.25, -0.2) is 0 Å². The lowest BCUT2D eigenvalue weighted by atomic mass is 10.1. The number of fused-ring (bicyclic) bond motifs is 1. The van der Waals surface area contributed by atoms with Crippen LogP contribution >= 0.6 is 11.3 Å². The minimum absolute atomic E-state index is 0.139. The second kappa shape index (κ2) is 5.18. The summed E-state index contributed by atoms with van der Waals surface area (Å²) in [6.07, 6.45) is 2.94. The van der Waals surface area contributed by atoms with E-state index in [1.54, 1.807) is 24.6 Å². The zero-order valence-electron chi connectivity index (χ0n) is 9.10. The van der Waals surface area contributed by atoms with Gasteiger partial charge in [0.05, 0.1) is 10.2 Å². The fourth-order valence-electron chi connectivity index (χ4n) is 1.52. The molecule has 0 bridgehead atoms. The summed E-state index contributed by atoms with van der Waals surface area (Å²) >= 11 is 1.61. The van der Waals surface area contributed by atoms with Gasteiger partial charge >= 0.3 is 0 Å². The number of methoxy groups -OCH3 is 1. The molecule has 0 saturated carbocycles. The number of hydrogen-bond donors (Lipinski definition) is 0. The normalized spacial score (nSPS) is 10.8. The number of carbonyl (C=O) groups excluding carboxylic acids is 1. The van der Waals surface area contributed by atoms with Crippen molar-refractivity contribution in [3.63, 3.8) is 0 Å². The van der Waals surface area contributed by atoms with Crippen LogP contribution in [0.4, 0.5) is 0 Å². The maximum absolute atomic E-state index is 11.8. The van der Waals surface area contributed by atoms with Crippen LogP contribution in [-0.4, -0.2) is 24.5 Å². The highest BCUT2D eigenvalue weighted by molar-refractivity contribution is 7.17. The van der Waals surface area contributed by atoms with Crippen LogP contribution in [0.2, 0.25) is 0 Å². The van der Waals surface area contributed by atoms with Crippen molar-refractivity contribution < 1.29 is 9.53 Å². The molecule has 0 aliphatic rings. The molecular formula is C12H13NO2S. The molecule has 2 aromatic heterocycles. The summed E-state index contributed by atoms with van der Waals surface area (Å²) in [7, 11) is 1.64. The first-order chi connectivity index (χ1) is 7.81. The van der Waals surface area contributed by atoms with Crippen LogP contribution in [0.3, 0.4) is 0 Å². The van der Waals surface area contributed by atoms with E-state index in [-0.39, 0.29) is 5.78 Å². The molecule has 3 nitrogen and oxygen atoms in total. The molecule has 0 fully saturated rings. The Labute approximate surface area is 98.1 Å². The van der Waals surface area contributed by atoms with E-state index >= 15 is 0 Å². The summed E-state index contributed by atoms with van der Waals surface area (Å²) in [5.74, 6) is 0.139. The summed E-state index contributed by atoms with van der Waals surface area (Å²) in [5, 5.41) is 1.98. The van der Waals surface area contributed by atoms with Crippen molar-refractivity contribution in [2.24, 2.45) is 0 Å². The molecule has 0 amide bonds. The van der Waals surface area contributed by atoms with Crippen molar-refractivity contribution >= 4 is 27.3 Å². The molecular weight excluding hydrogens is 222 g/mol. The smallest absolute Gasteiger partial charge is 0.164 e. The van der Waals surface area contributed by atoms with Crippen LogP contribution in [0.1, 0.15) is 23.2 Å². The second-order valence-electron chi connectivity index (χ2n) is 3.55. The molecule has 2 rings (SSSR count). The molecule has 0 aliphatic carbocycles. The van der Waals surface area contributed by atoms with E-state index in [1.807, 2.05) is 17.5 Å². The molecule has 0 atom stereocenters. The first-order valence-electron chi connectivity index (χ1n) is 5.16. The van der Waals surface area contributed by atoms with E-state index in [1.165, 1.54) is 0 Å². The third kappa shape index (κ3) is 2.46. The van der Waals surface area contributed by atoms with Gasteiger partial charge < -0.3 is 4.74 Å². The summed E-state index contributed by atoms with van der Waals surface area (Å²) in [6.45, 7) is 0.625. The number of ether oxygens (including phenoxy) is 1. The summed E-state index contributed by atoms with van der Waals surface area (Å²) < 4.78 is 5.99. The third-order valence-corrected chi connectivity index (χ3v) is 3.23. The van der Waals surface area contributed by atoms with Crippen molar-refractivity contribution in [2.45, 2.75) is 12.8 Å². The number of hydrogen-bond acceptors (Lipinski definition) is 4. The van der Waals surface area contributed by atoms with Crippen molar-refractivity contribution in [1.82, 2.24) is 4.98 Å². The average molecular weight is 235 g/mol. The van der Waals surface area contributed by atoms with Crippen molar-refractivity contribution in [3.8, 4) is 0 Å². The first-order valence-corrected chi connectivity index (χ1v) is 6.04. The SMILES string of the molecule is COCCCC(=O)c1cnc2ccsc2c1. The number of Topliss-reactive ketones (excluding diaryl/α,β-unsaturated/α-hetero) is 1. The van der Waals surface area contributed by atoms with Gasteiger partial charge in [0.2, 0.25) is 0 Å². The predicted octanol–water partition coefficient (Wildman–Crippen LogP) is 2.91. The highest BCUT2D eigenvalue weighted by Gasteiger charge is 2.07. The highest BCUT2D eigenvalue weighted by Crippen LogP contribution is 2.20. The topological polar surface area (TPSA) is 39.2 Å². The summed E-state index contributed by atoms with van der Waals surface area (Å²) in [6, 6.07) is 3.88. The molecule has 0 saturated heterocycles. The van der Waals surface area contributed by atoms with Crippen LogP contribution in [0, 0.1) is 0 Å². The van der Waals surface area contributed by atoms with Gasteiger partial charge in [-0.3, -0.25) is 9.78 Å². The Kier molecular flexibility index (Phi) is 3.64. The van der Waals surface area contributed by atoms with Gasteiger partial charge in [0, 0.05) is 31.9 Å². The molecule has 16 heavy (non-hydrogen) atoms. The molecule has 0 aliphatic heterocycles. The molecule has 0 unspecified atom stereocenters. The molecule has 0 aromatic carbocycles. The lowest BCUT2D eigenvalue weighted by Gasteiger charge is -2.00. The Bertz CT molecular complexity index is 492. The zero-order chi connectivity index (χ0) is 11.4. The van der Waals surface area contributed by atoms with Gasteiger partial charge in [0.25, 0.3) is 0 Å². The first kappa shape index (κ1) is 11.2. The van der Waals surface area contributed by atoms with Crippen molar-refractivity contribution in [3.05, 3.63) is 29.3 Å². The number of rotatable bonds is 5. The maximum Gasteiger partial charge on any atom is 0.164 e. The highest BCUT2D eigenvalue weighted by atomic mass is 32.1. The van der Waals surface area contributed by atoms with Crippen LogP contribution in [0.15, 0.2) is 23.7 Å². The monoisotopic (exact) mass is 235 g/mol. The molecule has 0 radical (unpaired) electrons. The van der Waals surface area contributed by atoms with Gasteiger partial charge in [0.1, 0.15) is 0 Å². The van der Waals surface area contributed by atoms with Crippen LogP contribution in [0.5, 0.6) is 0 Å². The molecule has 0 spiro atoms. The van der Waals surface area contributed by atoms with Crippen LogP contribution in [0.25, 0.3) is 10.2 Å². The van der Waals surface area contributed by atoms with E-state index < -0.39 is 0 Å². The Morgan fingerprint density at radius 2 is 2.44 bits per heavy atom. The summed E-state index contributed by atoms with van der Waals surface area (Å²) in [5.41, 5.74) is 1.66. The Hall–Kier alpha value is -1.26. The third-order valence-electron chi connectivity index (χ3n) is 2.38. The average Bonchev–Trinajstić information content (AvgIpc) is 2.76. The van der Waals surface area contributed by atoms with Gasteiger partial charge in [-0.15, -0.1) is 11.3 Å². The Morgan fingerprint density at radius 1 is 1.56 bits per heavy atom. The van der Waals surface area contributed by atoms with Crippen LogP contribution in [-0.2, 0) is 4.74 Å².